The van der Waals surface area contributed by atoms with Crippen LogP contribution in [0.25, 0.3) is 32.2 Å². The maximum Gasteiger partial charge on any atom is 0.417 e. The highest BCUT2D eigenvalue weighted by Gasteiger charge is 2.49. The molecule has 2 unspecified atom stereocenters. The van der Waals surface area contributed by atoms with Crippen LogP contribution in [-0.2, 0) is 10.9 Å². The van der Waals surface area contributed by atoms with Crippen molar-refractivity contribution >= 4 is 49.5 Å². The third-order valence-corrected chi connectivity index (χ3v) is 11.3. The molecule has 8 rings (SSSR count). The van der Waals surface area contributed by atoms with Crippen LogP contribution in [0.1, 0.15) is 58.4 Å². The number of carbonyl (C=O) groups is 1. The average Bonchev–Trinajstić information content (AvgIpc) is 3.81. The molecule has 0 aliphatic carbocycles. The van der Waals surface area contributed by atoms with Crippen molar-refractivity contribution in [2.75, 3.05) is 43.0 Å². The fraction of sp³-hybridized carbons (Fsp3) is 0.543. The molecule has 10 nitrogen and oxygen atoms in total. The maximum absolute atomic E-state index is 17.1. The first kappa shape index (κ1) is 35.1. The molecule has 278 valence electrons. The molecule has 4 saturated heterocycles. The Hall–Kier alpha value is -3.96. The van der Waals surface area contributed by atoms with Gasteiger partial charge < -0.3 is 19.7 Å². The summed E-state index contributed by atoms with van der Waals surface area (Å²) in [7, 11) is 0. The summed E-state index contributed by atoms with van der Waals surface area (Å²) >= 11 is 0.675. The number of piperazine rings is 1. The quantitative estimate of drug-likeness (QED) is 0.195. The molecule has 17 heteroatoms. The SMILES string of the molecule is CC(C)(C)OC(=O)Nc1nc2c(-c3c(C(F)(F)F)cc4c(N5CC6CCC(C5)N6)nc(OC[C@@]56CCCN5C[C@H](F)C6)nc4c3F)ccc(F)c2s1. The number of rotatable bonds is 6. The van der Waals surface area contributed by atoms with Gasteiger partial charge in [-0.15, -0.1) is 0 Å². The Kier molecular flexibility index (Phi) is 8.49. The van der Waals surface area contributed by atoms with Crippen LogP contribution in [0.2, 0.25) is 0 Å². The summed E-state index contributed by atoms with van der Waals surface area (Å²) in [5.74, 6) is -2.03. The molecular formula is C35H37F6N7O3S. The molecule has 1 amide bonds. The minimum atomic E-state index is -5.07. The van der Waals surface area contributed by atoms with Gasteiger partial charge in [0.25, 0.3) is 0 Å². The summed E-state index contributed by atoms with van der Waals surface area (Å²) in [6, 6.07) is 2.71. The van der Waals surface area contributed by atoms with Crippen LogP contribution in [0.4, 0.5) is 42.1 Å². The third kappa shape index (κ3) is 6.37. The Balaban J connectivity index is 1.28. The highest BCUT2D eigenvalue weighted by molar-refractivity contribution is 7.22. The summed E-state index contributed by atoms with van der Waals surface area (Å²) in [6.07, 6.45) is -3.42. The number of ether oxygens (including phenoxy) is 2. The standard InChI is InChI=1S/C35H37F6N7O3S/c1-33(2,3)51-32(49)46-31-44-27-20(7-8-23(37)28(27)52-31)24-22(35(39,40)41)11-21-26(25(24)38)43-30(45-29(21)47-14-18-5-6-19(15-47)42-18)50-16-34-9-4-10-48(34)13-17(36)12-34/h7-8,11,17-19,42H,4-6,9-10,12-16H2,1-3H3,(H,44,46,49)/t17-,18?,19?,34+/m1/s1. The topological polar surface area (TPSA) is 105 Å². The number of anilines is 2. The van der Waals surface area contributed by atoms with E-state index in [1.54, 1.807) is 20.8 Å². The number of nitrogens with one attached hydrogen (secondary N) is 2. The highest BCUT2D eigenvalue weighted by atomic mass is 32.1. The summed E-state index contributed by atoms with van der Waals surface area (Å²) in [5.41, 5.74) is -4.70. The van der Waals surface area contributed by atoms with E-state index in [0.29, 0.717) is 37.4 Å². The smallest absolute Gasteiger partial charge is 0.417 e. The molecule has 4 aliphatic rings. The molecule has 4 aromatic rings. The van der Waals surface area contributed by atoms with Crippen molar-refractivity contribution in [1.82, 2.24) is 25.2 Å². The zero-order valence-corrected chi connectivity index (χ0v) is 29.5. The molecule has 4 atom stereocenters. The zero-order valence-electron chi connectivity index (χ0n) is 28.7. The number of carbonyl (C=O) groups excluding carboxylic acids is 1. The van der Waals surface area contributed by atoms with Crippen LogP contribution in [0.15, 0.2) is 18.2 Å². The molecule has 2 N–H and O–H groups in total. The lowest BCUT2D eigenvalue weighted by atomic mass is 9.95. The van der Waals surface area contributed by atoms with E-state index in [1.807, 2.05) is 9.80 Å². The second-order valence-electron chi connectivity index (χ2n) is 15.2. The monoisotopic (exact) mass is 749 g/mol. The number of hydrogen-bond acceptors (Lipinski definition) is 10. The van der Waals surface area contributed by atoms with Crippen LogP contribution in [0, 0.1) is 11.6 Å². The van der Waals surface area contributed by atoms with Crippen molar-refractivity contribution in [2.24, 2.45) is 0 Å². The first-order valence-electron chi connectivity index (χ1n) is 17.3. The van der Waals surface area contributed by atoms with Crippen LogP contribution in [-0.4, -0.2) is 88.1 Å². The summed E-state index contributed by atoms with van der Waals surface area (Å²) in [6.45, 7) is 6.80. The van der Waals surface area contributed by atoms with E-state index >= 15 is 22.0 Å². The molecule has 0 saturated carbocycles. The van der Waals surface area contributed by atoms with Crippen molar-refractivity contribution in [3.05, 3.63) is 35.4 Å². The van der Waals surface area contributed by atoms with Gasteiger partial charge in [-0.05, 0) is 71.2 Å². The van der Waals surface area contributed by atoms with E-state index < -0.39 is 57.9 Å². The number of amides is 1. The molecule has 52 heavy (non-hydrogen) atoms. The van der Waals surface area contributed by atoms with E-state index in [1.165, 1.54) is 0 Å². The molecule has 0 radical (unpaired) electrons. The second-order valence-corrected chi connectivity index (χ2v) is 16.2. The van der Waals surface area contributed by atoms with E-state index in [2.05, 4.69) is 25.6 Å². The number of aromatic nitrogens is 3. The highest BCUT2D eigenvalue weighted by Crippen LogP contribution is 2.47. The lowest BCUT2D eigenvalue weighted by Crippen LogP contribution is -2.51. The van der Waals surface area contributed by atoms with Crippen molar-refractivity contribution in [3.8, 4) is 17.1 Å². The van der Waals surface area contributed by atoms with E-state index in [-0.39, 0.29) is 69.8 Å². The minimum Gasteiger partial charge on any atom is -0.461 e. The Morgan fingerprint density at radius 1 is 1.08 bits per heavy atom. The van der Waals surface area contributed by atoms with Crippen molar-refractivity contribution < 1.29 is 40.6 Å². The fourth-order valence-electron chi connectivity index (χ4n) is 8.22. The second kappa shape index (κ2) is 12.6. The van der Waals surface area contributed by atoms with Gasteiger partial charge in [-0.25, -0.2) is 22.9 Å². The summed E-state index contributed by atoms with van der Waals surface area (Å²) in [5, 5.41) is 5.57. The number of alkyl halides is 4. The van der Waals surface area contributed by atoms with Crippen molar-refractivity contribution in [3.63, 3.8) is 0 Å². The van der Waals surface area contributed by atoms with Gasteiger partial charge in [-0.2, -0.15) is 23.1 Å². The predicted molar refractivity (Wildman–Crippen MR) is 184 cm³/mol. The van der Waals surface area contributed by atoms with Crippen LogP contribution >= 0.6 is 11.3 Å². The van der Waals surface area contributed by atoms with Gasteiger partial charge in [0, 0.05) is 54.7 Å². The number of fused-ring (bicyclic) bond motifs is 5. The number of nitrogens with zero attached hydrogens (tertiary/aromatic N) is 5. The predicted octanol–water partition coefficient (Wildman–Crippen LogP) is 7.45. The number of hydrogen-bond donors (Lipinski definition) is 2. The average molecular weight is 750 g/mol. The van der Waals surface area contributed by atoms with Crippen LogP contribution < -0.4 is 20.3 Å². The molecular weight excluding hydrogens is 712 g/mol. The number of benzene rings is 2. The lowest BCUT2D eigenvalue weighted by Gasteiger charge is -2.35. The molecule has 4 aliphatic heterocycles. The minimum absolute atomic E-state index is 0.0329. The van der Waals surface area contributed by atoms with Gasteiger partial charge in [0.05, 0.1) is 21.3 Å². The zero-order chi connectivity index (χ0) is 36.7. The van der Waals surface area contributed by atoms with E-state index in [9.17, 15) is 9.18 Å². The van der Waals surface area contributed by atoms with E-state index in [4.69, 9.17) is 9.47 Å². The van der Waals surface area contributed by atoms with Gasteiger partial charge in [-0.1, -0.05) is 11.3 Å². The molecule has 2 aromatic heterocycles. The van der Waals surface area contributed by atoms with Gasteiger partial charge >= 0.3 is 18.3 Å². The van der Waals surface area contributed by atoms with Crippen molar-refractivity contribution in [1.29, 1.82) is 0 Å². The Morgan fingerprint density at radius 2 is 1.83 bits per heavy atom. The van der Waals surface area contributed by atoms with Gasteiger partial charge in [0.1, 0.15) is 35.5 Å². The normalized spacial score (nSPS) is 24.9. The Labute approximate surface area is 298 Å². The molecule has 2 aromatic carbocycles. The first-order valence-corrected chi connectivity index (χ1v) is 18.1. The van der Waals surface area contributed by atoms with Crippen molar-refractivity contribution in [2.45, 2.75) is 88.4 Å². The van der Waals surface area contributed by atoms with E-state index in [0.717, 1.165) is 37.5 Å². The van der Waals surface area contributed by atoms with Gasteiger partial charge in [0.2, 0.25) is 0 Å². The number of halogens is 6. The third-order valence-electron chi connectivity index (χ3n) is 10.3. The molecule has 0 spiro atoms. The first-order chi connectivity index (χ1) is 24.6. The molecule has 6 heterocycles. The summed E-state index contributed by atoms with van der Waals surface area (Å²) < 4.78 is 103. The van der Waals surface area contributed by atoms with Gasteiger partial charge in [-0.3, -0.25) is 10.2 Å². The largest absolute Gasteiger partial charge is 0.461 e. The van der Waals surface area contributed by atoms with Crippen LogP contribution in [0.3, 0.4) is 0 Å². The molecule has 4 fully saturated rings. The number of thiazole rings is 1. The maximum atomic E-state index is 17.1. The summed E-state index contributed by atoms with van der Waals surface area (Å²) in [4.78, 5) is 29.5. The van der Waals surface area contributed by atoms with Gasteiger partial charge in [0.15, 0.2) is 10.9 Å². The fourth-order valence-corrected chi connectivity index (χ4v) is 9.11. The lowest BCUT2D eigenvalue weighted by molar-refractivity contribution is -0.137. The van der Waals surface area contributed by atoms with Crippen LogP contribution in [0.5, 0.6) is 6.01 Å². The Morgan fingerprint density at radius 3 is 2.54 bits per heavy atom. The molecule has 2 bridgehead atoms. The Bertz CT molecular complexity index is 2060.